The zero-order chi connectivity index (χ0) is 23.4. The van der Waals surface area contributed by atoms with Gasteiger partial charge in [0.2, 0.25) is 5.82 Å². The molecule has 3 aromatic carbocycles. The van der Waals surface area contributed by atoms with Crippen molar-refractivity contribution in [3.8, 4) is 11.5 Å². The van der Waals surface area contributed by atoms with Crippen molar-refractivity contribution in [2.24, 2.45) is 0 Å². The minimum Gasteiger partial charge on any atom is -0.450 e. The molecule has 1 aliphatic rings. The molecule has 1 aliphatic heterocycles. The van der Waals surface area contributed by atoms with Crippen LogP contribution in [-0.2, 0) is 32.1 Å². The summed E-state index contributed by atoms with van der Waals surface area (Å²) in [5.41, 5.74) is 4.30. The van der Waals surface area contributed by atoms with Crippen LogP contribution in [0.15, 0.2) is 67.8 Å². The van der Waals surface area contributed by atoms with Crippen LogP contribution in [-0.4, -0.2) is 0 Å². The van der Waals surface area contributed by atoms with E-state index in [1.165, 1.54) is 5.56 Å². The number of aryl methyl sites for hydroxylation is 4. The molecule has 0 saturated heterocycles. The zero-order valence-corrected chi connectivity index (χ0v) is 18.6. The maximum Gasteiger partial charge on any atom is 0.201 e. The van der Waals surface area contributed by atoms with Crippen molar-refractivity contribution in [2.45, 2.75) is 44.9 Å². The molecule has 0 saturated carbocycles. The van der Waals surface area contributed by atoms with E-state index < -0.39 is 17.5 Å². The average Bonchev–Trinajstić information content (AvgIpc) is 2.83. The molecule has 0 amide bonds. The van der Waals surface area contributed by atoms with Crippen molar-refractivity contribution in [3.63, 3.8) is 0 Å². The van der Waals surface area contributed by atoms with Crippen LogP contribution in [0.1, 0.15) is 46.2 Å². The molecule has 0 unspecified atom stereocenters. The largest absolute Gasteiger partial charge is 0.450 e. The van der Waals surface area contributed by atoms with Crippen LogP contribution in [0, 0.1) is 17.5 Å². The van der Waals surface area contributed by atoms with Gasteiger partial charge in [0.1, 0.15) is 0 Å². The highest BCUT2D eigenvalue weighted by molar-refractivity contribution is 5.53. The van der Waals surface area contributed by atoms with Crippen LogP contribution in [0.3, 0.4) is 0 Å². The Labute approximate surface area is 193 Å². The van der Waals surface area contributed by atoms with Gasteiger partial charge in [-0.05, 0) is 66.8 Å². The van der Waals surface area contributed by atoms with Crippen molar-refractivity contribution >= 4 is 0 Å². The second-order valence-corrected chi connectivity index (χ2v) is 8.43. The van der Waals surface area contributed by atoms with Gasteiger partial charge in [0.25, 0.3) is 0 Å². The van der Waals surface area contributed by atoms with Gasteiger partial charge >= 0.3 is 0 Å². The third kappa shape index (κ3) is 4.90. The Hall–Kier alpha value is -3.27. The first-order valence-electron chi connectivity index (χ1n) is 11.3. The summed E-state index contributed by atoms with van der Waals surface area (Å²) < 4.78 is 50.1. The summed E-state index contributed by atoms with van der Waals surface area (Å²) in [5, 5.41) is 0. The Morgan fingerprint density at radius 2 is 1.30 bits per heavy atom. The molecule has 0 N–H and O–H groups in total. The van der Waals surface area contributed by atoms with E-state index in [4.69, 9.17) is 4.74 Å². The highest BCUT2D eigenvalue weighted by Crippen LogP contribution is 2.42. The molecule has 3 aromatic rings. The molecule has 0 aliphatic carbocycles. The second kappa shape index (κ2) is 10.1. The number of hydrogen-bond donors (Lipinski definition) is 0. The molecule has 4 rings (SSSR count). The first-order chi connectivity index (χ1) is 16.0. The van der Waals surface area contributed by atoms with Crippen LogP contribution >= 0.6 is 0 Å². The molecule has 0 atom stereocenters. The first kappa shape index (κ1) is 22.9. The van der Waals surface area contributed by atoms with E-state index in [0.29, 0.717) is 48.8 Å². The van der Waals surface area contributed by atoms with Gasteiger partial charge in [-0.25, -0.2) is 8.78 Å². The molecule has 1 heterocycles. The van der Waals surface area contributed by atoms with Gasteiger partial charge in [0.15, 0.2) is 23.1 Å². The van der Waals surface area contributed by atoms with E-state index in [1.807, 2.05) is 12.1 Å². The Kier molecular flexibility index (Phi) is 7.02. The summed E-state index contributed by atoms with van der Waals surface area (Å²) in [4.78, 5) is 0. The van der Waals surface area contributed by atoms with Gasteiger partial charge in [-0.1, -0.05) is 48.6 Å². The van der Waals surface area contributed by atoms with Crippen LogP contribution in [0.2, 0.25) is 0 Å². The van der Waals surface area contributed by atoms with Crippen molar-refractivity contribution in [3.05, 3.63) is 119 Å². The van der Waals surface area contributed by atoms with Gasteiger partial charge in [-0.3, -0.25) is 0 Å². The van der Waals surface area contributed by atoms with E-state index in [0.717, 1.165) is 18.4 Å². The molecule has 0 spiro atoms. The lowest BCUT2D eigenvalue weighted by atomic mass is 9.94. The first-order valence-corrected chi connectivity index (χ1v) is 11.3. The van der Waals surface area contributed by atoms with Crippen molar-refractivity contribution in [1.29, 1.82) is 0 Å². The number of rotatable bonds is 9. The van der Waals surface area contributed by atoms with E-state index in [1.54, 1.807) is 18.2 Å². The fraction of sp³-hybridized carbons (Fsp3) is 0.241. The Morgan fingerprint density at radius 1 is 0.667 bits per heavy atom. The molecular weight excluding hydrogens is 421 g/mol. The van der Waals surface area contributed by atoms with Crippen LogP contribution in [0.5, 0.6) is 11.5 Å². The minimum atomic E-state index is -1.06. The number of benzene rings is 3. The van der Waals surface area contributed by atoms with Gasteiger partial charge < -0.3 is 4.74 Å². The SMILES string of the molecule is C=CCCc1ccc(CCc2ccc3c(c2F)Oc2c(cc(CCC=C)c(F)c2F)C3)cc1. The number of fused-ring (bicyclic) bond motifs is 2. The van der Waals surface area contributed by atoms with Crippen molar-refractivity contribution in [2.75, 3.05) is 0 Å². The van der Waals surface area contributed by atoms with Crippen LogP contribution < -0.4 is 4.74 Å². The van der Waals surface area contributed by atoms with E-state index in [-0.39, 0.29) is 17.1 Å². The molecule has 170 valence electrons. The smallest absolute Gasteiger partial charge is 0.201 e. The number of allylic oxidation sites excluding steroid dienone is 2. The zero-order valence-electron chi connectivity index (χ0n) is 18.6. The van der Waals surface area contributed by atoms with Gasteiger partial charge in [0.05, 0.1) is 0 Å². The second-order valence-electron chi connectivity index (χ2n) is 8.43. The van der Waals surface area contributed by atoms with E-state index in [2.05, 4.69) is 37.4 Å². The fourth-order valence-electron chi connectivity index (χ4n) is 4.21. The third-order valence-electron chi connectivity index (χ3n) is 6.12. The van der Waals surface area contributed by atoms with Crippen LogP contribution in [0.25, 0.3) is 0 Å². The molecule has 4 heteroatoms. The summed E-state index contributed by atoms with van der Waals surface area (Å²) >= 11 is 0. The maximum absolute atomic E-state index is 15.3. The number of ether oxygens (including phenoxy) is 1. The normalized spacial score (nSPS) is 12.0. The summed E-state index contributed by atoms with van der Waals surface area (Å²) in [6.45, 7) is 7.37. The van der Waals surface area contributed by atoms with Crippen LogP contribution in [0.4, 0.5) is 13.2 Å². The Balaban J connectivity index is 1.52. The molecule has 0 fully saturated rings. The summed E-state index contributed by atoms with van der Waals surface area (Å²) in [6, 6.07) is 13.5. The fourth-order valence-corrected chi connectivity index (χ4v) is 4.21. The standard InChI is InChI=1S/C29H27F3O/c1-3-5-7-19-9-11-20(12-10-19)13-14-21-15-16-23-18-24-17-22(8-6-4-2)25(30)27(32)29(24)33-28(23)26(21)31/h3-4,9-12,15-17H,1-2,5-8,13-14,18H2. The minimum absolute atomic E-state index is 0.00286. The summed E-state index contributed by atoms with van der Waals surface area (Å²) in [5.74, 6) is -2.72. The van der Waals surface area contributed by atoms with Gasteiger partial charge in [-0.15, -0.1) is 13.2 Å². The Morgan fingerprint density at radius 3 is 2.00 bits per heavy atom. The van der Waals surface area contributed by atoms with Gasteiger partial charge in [0, 0.05) is 17.5 Å². The van der Waals surface area contributed by atoms with Crippen molar-refractivity contribution < 1.29 is 17.9 Å². The molecule has 1 nitrogen and oxygen atoms in total. The quantitative estimate of drug-likeness (QED) is 0.237. The molecule has 33 heavy (non-hydrogen) atoms. The predicted molar refractivity (Wildman–Crippen MR) is 127 cm³/mol. The summed E-state index contributed by atoms with van der Waals surface area (Å²) in [7, 11) is 0. The summed E-state index contributed by atoms with van der Waals surface area (Å²) in [6.07, 6.45) is 7.80. The lowest BCUT2D eigenvalue weighted by Gasteiger charge is -2.23. The number of halogens is 3. The molecule has 0 aromatic heterocycles. The monoisotopic (exact) mass is 448 g/mol. The highest BCUT2D eigenvalue weighted by atomic mass is 19.2. The lowest BCUT2D eigenvalue weighted by molar-refractivity contribution is 0.377. The average molecular weight is 449 g/mol. The van der Waals surface area contributed by atoms with Crippen molar-refractivity contribution in [1.82, 2.24) is 0 Å². The topological polar surface area (TPSA) is 9.23 Å². The molecule has 0 bridgehead atoms. The maximum atomic E-state index is 15.3. The van der Waals surface area contributed by atoms with E-state index in [9.17, 15) is 8.78 Å². The van der Waals surface area contributed by atoms with Gasteiger partial charge in [-0.2, -0.15) is 4.39 Å². The number of hydrogen-bond acceptors (Lipinski definition) is 1. The van der Waals surface area contributed by atoms with E-state index >= 15 is 4.39 Å². The predicted octanol–water partition coefficient (Wildman–Crippen LogP) is 7.82. The third-order valence-corrected chi connectivity index (χ3v) is 6.12. The molecule has 0 radical (unpaired) electrons. The highest BCUT2D eigenvalue weighted by Gasteiger charge is 2.28. The lowest BCUT2D eigenvalue weighted by Crippen LogP contribution is -2.11. The Bertz CT molecular complexity index is 1180. The molecular formula is C29H27F3O.